The third-order valence-corrected chi connectivity index (χ3v) is 4.99. The van der Waals surface area contributed by atoms with Gasteiger partial charge >= 0.3 is 6.03 Å². The number of fused-ring (bicyclic) bond motifs is 1. The Hall–Kier alpha value is -3.29. The standard InChI is InChI=1S/C20H23N5O3/c1-14-16(15-5-3-4-6-17(15)28-14)13-22-20(26)25-11-9-24(10-12-25)19-21-8-7-18(23-19)27-2/h3-8H,9-13H2,1-2H3,(H,22,26). The first kappa shape index (κ1) is 18.1. The molecule has 8 nitrogen and oxygen atoms in total. The quantitative estimate of drug-likeness (QED) is 0.748. The number of rotatable bonds is 4. The van der Waals surface area contributed by atoms with Crippen molar-refractivity contribution in [2.24, 2.45) is 0 Å². The lowest BCUT2D eigenvalue weighted by Gasteiger charge is -2.34. The van der Waals surface area contributed by atoms with Crippen molar-refractivity contribution in [1.82, 2.24) is 20.2 Å². The van der Waals surface area contributed by atoms with Crippen LogP contribution < -0.4 is 15.0 Å². The summed E-state index contributed by atoms with van der Waals surface area (Å²) < 4.78 is 10.9. The van der Waals surface area contributed by atoms with E-state index in [4.69, 9.17) is 9.15 Å². The highest BCUT2D eigenvalue weighted by atomic mass is 16.5. The Morgan fingerprint density at radius 3 is 2.79 bits per heavy atom. The van der Waals surface area contributed by atoms with E-state index < -0.39 is 0 Å². The lowest BCUT2D eigenvalue weighted by Crippen LogP contribution is -2.52. The van der Waals surface area contributed by atoms with Crippen LogP contribution in [0.1, 0.15) is 11.3 Å². The predicted octanol–water partition coefficient (Wildman–Crippen LogP) is 2.57. The van der Waals surface area contributed by atoms with Gasteiger partial charge in [-0.25, -0.2) is 9.78 Å². The minimum atomic E-state index is -0.0732. The number of anilines is 1. The molecule has 1 aliphatic heterocycles. The van der Waals surface area contributed by atoms with Crippen LogP contribution in [-0.2, 0) is 6.54 Å². The number of benzene rings is 1. The fourth-order valence-electron chi connectivity index (χ4n) is 3.42. The Morgan fingerprint density at radius 2 is 2.00 bits per heavy atom. The molecule has 1 saturated heterocycles. The first-order valence-corrected chi connectivity index (χ1v) is 9.27. The highest BCUT2D eigenvalue weighted by Crippen LogP contribution is 2.25. The van der Waals surface area contributed by atoms with Crippen LogP contribution in [-0.4, -0.2) is 54.2 Å². The molecule has 0 spiro atoms. The molecule has 3 aromatic rings. The average Bonchev–Trinajstić information content (AvgIpc) is 3.07. The number of piperazine rings is 1. The molecule has 8 heteroatoms. The Bertz CT molecular complexity index is 979. The van der Waals surface area contributed by atoms with Gasteiger partial charge in [0, 0.05) is 55.9 Å². The number of hydrogen-bond acceptors (Lipinski definition) is 6. The molecule has 1 aliphatic rings. The van der Waals surface area contributed by atoms with Crippen molar-refractivity contribution in [3.63, 3.8) is 0 Å². The van der Waals surface area contributed by atoms with Crippen molar-refractivity contribution < 1.29 is 13.9 Å². The van der Waals surface area contributed by atoms with Crippen LogP contribution in [0.25, 0.3) is 11.0 Å². The van der Waals surface area contributed by atoms with Gasteiger partial charge in [-0.2, -0.15) is 4.98 Å². The number of methoxy groups -OCH3 is 1. The largest absolute Gasteiger partial charge is 0.481 e. The van der Waals surface area contributed by atoms with Gasteiger partial charge in [0.2, 0.25) is 11.8 Å². The molecule has 146 valence electrons. The van der Waals surface area contributed by atoms with Gasteiger partial charge in [-0.05, 0) is 13.0 Å². The number of carbonyl (C=O) groups is 1. The summed E-state index contributed by atoms with van der Waals surface area (Å²) in [4.78, 5) is 25.1. The molecule has 0 unspecified atom stereocenters. The molecule has 1 fully saturated rings. The van der Waals surface area contributed by atoms with Gasteiger partial charge < -0.3 is 24.3 Å². The molecule has 4 rings (SSSR count). The fraction of sp³-hybridized carbons (Fsp3) is 0.350. The lowest BCUT2D eigenvalue weighted by molar-refractivity contribution is 0.193. The van der Waals surface area contributed by atoms with Crippen molar-refractivity contribution in [1.29, 1.82) is 0 Å². The maximum atomic E-state index is 12.6. The monoisotopic (exact) mass is 381 g/mol. The van der Waals surface area contributed by atoms with E-state index in [2.05, 4.69) is 20.2 Å². The first-order valence-electron chi connectivity index (χ1n) is 9.27. The fourth-order valence-corrected chi connectivity index (χ4v) is 3.42. The van der Waals surface area contributed by atoms with Crippen molar-refractivity contribution in [2.75, 3.05) is 38.2 Å². The molecule has 0 saturated carbocycles. The van der Waals surface area contributed by atoms with Crippen molar-refractivity contribution in [3.05, 3.63) is 47.9 Å². The number of ether oxygens (including phenoxy) is 1. The zero-order chi connectivity index (χ0) is 19.5. The summed E-state index contributed by atoms with van der Waals surface area (Å²) in [5.74, 6) is 1.99. The Morgan fingerprint density at radius 1 is 1.21 bits per heavy atom. The highest BCUT2D eigenvalue weighted by Gasteiger charge is 2.23. The SMILES string of the molecule is COc1ccnc(N2CCN(C(=O)NCc3c(C)oc4ccccc34)CC2)n1. The van der Waals surface area contributed by atoms with E-state index in [1.807, 2.05) is 36.1 Å². The number of furan rings is 1. The number of amides is 2. The molecular weight excluding hydrogens is 358 g/mol. The number of urea groups is 1. The minimum Gasteiger partial charge on any atom is -0.481 e. The molecule has 1 N–H and O–H groups in total. The van der Waals surface area contributed by atoms with Gasteiger partial charge in [0.05, 0.1) is 7.11 Å². The van der Waals surface area contributed by atoms with Crippen LogP contribution in [0.3, 0.4) is 0 Å². The molecule has 0 atom stereocenters. The molecule has 2 aromatic heterocycles. The van der Waals surface area contributed by atoms with Crippen LogP contribution >= 0.6 is 0 Å². The maximum absolute atomic E-state index is 12.6. The predicted molar refractivity (Wildman–Crippen MR) is 106 cm³/mol. The number of hydrogen-bond donors (Lipinski definition) is 1. The van der Waals surface area contributed by atoms with Crippen LogP contribution in [0.15, 0.2) is 40.9 Å². The van der Waals surface area contributed by atoms with Crippen molar-refractivity contribution in [2.45, 2.75) is 13.5 Å². The van der Waals surface area contributed by atoms with Gasteiger partial charge in [-0.1, -0.05) is 18.2 Å². The zero-order valence-electron chi connectivity index (χ0n) is 16.0. The van der Waals surface area contributed by atoms with Crippen molar-refractivity contribution in [3.8, 4) is 5.88 Å². The number of aromatic nitrogens is 2. The van der Waals surface area contributed by atoms with E-state index >= 15 is 0 Å². The average molecular weight is 381 g/mol. The summed E-state index contributed by atoms with van der Waals surface area (Å²) in [5, 5.41) is 4.06. The summed E-state index contributed by atoms with van der Waals surface area (Å²) in [6.07, 6.45) is 1.68. The molecular formula is C20H23N5O3. The summed E-state index contributed by atoms with van der Waals surface area (Å²) in [6.45, 7) is 4.94. The van der Waals surface area contributed by atoms with E-state index in [0.29, 0.717) is 44.6 Å². The van der Waals surface area contributed by atoms with Crippen LogP contribution in [0.5, 0.6) is 5.88 Å². The first-order chi connectivity index (χ1) is 13.7. The Balaban J connectivity index is 1.34. The molecule has 1 aromatic carbocycles. The Labute approximate surface area is 163 Å². The molecule has 0 bridgehead atoms. The zero-order valence-corrected chi connectivity index (χ0v) is 16.0. The topological polar surface area (TPSA) is 83.7 Å². The van der Waals surface area contributed by atoms with Gasteiger partial charge in [0.1, 0.15) is 11.3 Å². The van der Waals surface area contributed by atoms with Crippen LogP contribution in [0.4, 0.5) is 10.7 Å². The normalized spacial score (nSPS) is 14.4. The third kappa shape index (κ3) is 3.58. The third-order valence-electron chi connectivity index (χ3n) is 4.99. The molecule has 0 radical (unpaired) electrons. The van der Waals surface area contributed by atoms with E-state index in [-0.39, 0.29) is 6.03 Å². The second-order valence-corrected chi connectivity index (χ2v) is 6.66. The smallest absolute Gasteiger partial charge is 0.317 e. The lowest BCUT2D eigenvalue weighted by atomic mass is 10.1. The summed E-state index contributed by atoms with van der Waals surface area (Å²) >= 11 is 0. The number of carbonyl (C=O) groups excluding carboxylic acids is 1. The number of aryl methyl sites for hydroxylation is 1. The van der Waals surface area contributed by atoms with Crippen molar-refractivity contribution >= 4 is 22.9 Å². The second kappa shape index (κ2) is 7.75. The maximum Gasteiger partial charge on any atom is 0.317 e. The number of para-hydroxylation sites is 1. The van der Waals surface area contributed by atoms with Gasteiger partial charge in [0.25, 0.3) is 0 Å². The summed E-state index contributed by atoms with van der Waals surface area (Å²) in [5.41, 5.74) is 1.86. The van der Waals surface area contributed by atoms with Gasteiger partial charge in [-0.3, -0.25) is 0 Å². The van der Waals surface area contributed by atoms with E-state index in [1.54, 1.807) is 19.4 Å². The molecule has 3 heterocycles. The highest BCUT2D eigenvalue weighted by molar-refractivity contribution is 5.83. The van der Waals surface area contributed by atoms with Gasteiger partial charge in [-0.15, -0.1) is 0 Å². The summed E-state index contributed by atoms with van der Waals surface area (Å²) in [7, 11) is 1.58. The van der Waals surface area contributed by atoms with E-state index in [1.165, 1.54) is 0 Å². The van der Waals surface area contributed by atoms with Crippen LogP contribution in [0, 0.1) is 6.92 Å². The molecule has 2 amide bonds. The number of nitrogens with one attached hydrogen (secondary N) is 1. The Kier molecular flexibility index (Phi) is 5.01. The number of nitrogens with zero attached hydrogens (tertiary/aromatic N) is 4. The second-order valence-electron chi connectivity index (χ2n) is 6.66. The van der Waals surface area contributed by atoms with Crippen LogP contribution in [0.2, 0.25) is 0 Å². The summed E-state index contributed by atoms with van der Waals surface area (Å²) in [6, 6.07) is 9.51. The molecule has 0 aliphatic carbocycles. The van der Waals surface area contributed by atoms with E-state index in [0.717, 1.165) is 22.3 Å². The van der Waals surface area contributed by atoms with Gasteiger partial charge in [0.15, 0.2) is 0 Å². The van der Waals surface area contributed by atoms with E-state index in [9.17, 15) is 4.79 Å². The minimum absolute atomic E-state index is 0.0732. The molecule has 28 heavy (non-hydrogen) atoms.